The standard InChI is InChI=1S/C18H30/c1-4-6-8-9-14-17(13-7-5-2)18-15-11-10-12-16(18)3/h10-12,15,17H,4-9,13-14H2,1-3H3. The molecule has 0 fully saturated rings. The van der Waals surface area contributed by atoms with Crippen molar-refractivity contribution in [1.82, 2.24) is 0 Å². The van der Waals surface area contributed by atoms with Crippen LogP contribution in [0.25, 0.3) is 0 Å². The van der Waals surface area contributed by atoms with E-state index in [2.05, 4.69) is 45.0 Å². The molecule has 1 unspecified atom stereocenters. The maximum atomic E-state index is 2.34. The Labute approximate surface area is 114 Å². The van der Waals surface area contributed by atoms with Crippen LogP contribution >= 0.6 is 0 Å². The summed E-state index contributed by atoms with van der Waals surface area (Å²) in [6, 6.07) is 8.97. The van der Waals surface area contributed by atoms with Gasteiger partial charge in [-0.2, -0.15) is 0 Å². The second-order valence-corrected chi connectivity index (χ2v) is 5.55. The van der Waals surface area contributed by atoms with Crippen LogP contribution in [0.3, 0.4) is 0 Å². The summed E-state index contributed by atoms with van der Waals surface area (Å²) < 4.78 is 0. The molecule has 0 aliphatic heterocycles. The molecule has 18 heavy (non-hydrogen) atoms. The SMILES string of the molecule is CCCCCCC(CCCC)c1ccccc1C. The lowest BCUT2D eigenvalue weighted by Gasteiger charge is -2.19. The van der Waals surface area contributed by atoms with E-state index in [0.29, 0.717) is 0 Å². The largest absolute Gasteiger partial charge is 0.0654 e. The zero-order chi connectivity index (χ0) is 13.2. The number of aryl methyl sites for hydroxylation is 1. The first-order valence-corrected chi connectivity index (χ1v) is 7.85. The fraction of sp³-hybridized carbons (Fsp3) is 0.667. The molecule has 0 saturated carbocycles. The Kier molecular flexibility index (Phi) is 7.80. The van der Waals surface area contributed by atoms with E-state index in [1.165, 1.54) is 56.9 Å². The number of hydrogen-bond acceptors (Lipinski definition) is 0. The molecule has 0 bridgehead atoms. The van der Waals surface area contributed by atoms with Crippen molar-refractivity contribution in [1.29, 1.82) is 0 Å². The predicted molar refractivity (Wildman–Crippen MR) is 82.2 cm³/mol. The average Bonchev–Trinajstić information content (AvgIpc) is 2.39. The van der Waals surface area contributed by atoms with E-state index in [-0.39, 0.29) is 0 Å². The van der Waals surface area contributed by atoms with Gasteiger partial charge in [-0.05, 0) is 36.8 Å². The van der Waals surface area contributed by atoms with Crippen molar-refractivity contribution < 1.29 is 0 Å². The Morgan fingerprint density at radius 1 is 0.833 bits per heavy atom. The second-order valence-electron chi connectivity index (χ2n) is 5.55. The summed E-state index contributed by atoms with van der Waals surface area (Å²) in [4.78, 5) is 0. The van der Waals surface area contributed by atoms with Crippen molar-refractivity contribution in [2.75, 3.05) is 0 Å². The Hall–Kier alpha value is -0.780. The quantitative estimate of drug-likeness (QED) is 0.452. The maximum Gasteiger partial charge on any atom is -0.0159 e. The van der Waals surface area contributed by atoms with Gasteiger partial charge in [-0.1, -0.05) is 76.6 Å². The van der Waals surface area contributed by atoms with Gasteiger partial charge in [0.1, 0.15) is 0 Å². The molecular formula is C18H30. The molecule has 0 aliphatic carbocycles. The molecule has 1 aromatic rings. The highest BCUT2D eigenvalue weighted by molar-refractivity contribution is 5.29. The van der Waals surface area contributed by atoms with Crippen LogP contribution in [0, 0.1) is 6.92 Å². The Morgan fingerprint density at radius 2 is 1.50 bits per heavy atom. The van der Waals surface area contributed by atoms with Crippen molar-refractivity contribution in [3.63, 3.8) is 0 Å². The molecule has 1 atom stereocenters. The fourth-order valence-electron chi connectivity index (χ4n) is 2.77. The van der Waals surface area contributed by atoms with Gasteiger partial charge in [-0.25, -0.2) is 0 Å². The van der Waals surface area contributed by atoms with Crippen molar-refractivity contribution in [3.8, 4) is 0 Å². The summed E-state index contributed by atoms with van der Waals surface area (Å²) in [5.41, 5.74) is 3.08. The summed E-state index contributed by atoms with van der Waals surface area (Å²) in [5.74, 6) is 0.794. The topological polar surface area (TPSA) is 0 Å². The monoisotopic (exact) mass is 246 g/mol. The lowest BCUT2D eigenvalue weighted by atomic mass is 9.86. The second kappa shape index (κ2) is 9.19. The first-order valence-electron chi connectivity index (χ1n) is 7.85. The normalized spacial score (nSPS) is 12.6. The molecule has 0 aliphatic rings. The summed E-state index contributed by atoms with van der Waals surface area (Å²) in [7, 11) is 0. The molecule has 0 nitrogen and oxygen atoms in total. The molecule has 0 saturated heterocycles. The number of benzene rings is 1. The van der Waals surface area contributed by atoms with Crippen LogP contribution in [-0.2, 0) is 0 Å². The van der Waals surface area contributed by atoms with Crippen molar-refractivity contribution >= 4 is 0 Å². The molecule has 0 radical (unpaired) electrons. The van der Waals surface area contributed by atoms with Gasteiger partial charge in [0.05, 0.1) is 0 Å². The van der Waals surface area contributed by atoms with Gasteiger partial charge in [-0.3, -0.25) is 0 Å². The van der Waals surface area contributed by atoms with Crippen LogP contribution in [0.15, 0.2) is 24.3 Å². The molecule has 0 heterocycles. The van der Waals surface area contributed by atoms with E-state index in [1.54, 1.807) is 5.56 Å². The van der Waals surface area contributed by atoms with E-state index in [0.717, 1.165) is 5.92 Å². The van der Waals surface area contributed by atoms with Gasteiger partial charge in [0.25, 0.3) is 0 Å². The smallest absolute Gasteiger partial charge is 0.0159 e. The van der Waals surface area contributed by atoms with Crippen LogP contribution in [0.5, 0.6) is 0 Å². The van der Waals surface area contributed by atoms with Crippen molar-refractivity contribution in [2.24, 2.45) is 0 Å². The van der Waals surface area contributed by atoms with E-state index >= 15 is 0 Å². The highest BCUT2D eigenvalue weighted by Gasteiger charge is 2.12. The molecule has 1 rings (SSSR count). The minimum atomic E-state index is 0.794. The zero-order valence-corrected chi connectivity index (χ0v) is 12.5. The summed E-state index contributed by atoms with van der Waals surface area (Å²) in [6.45, 7) is 6.85. The van der Waals surface area contributed by atoms with E-state index in [4.69, 9.17) is 0 Å². The van der Waals surface area contributed by atoms with Crippen molar-refractivity contribution in [2.45, 2.75) is 78.1 Å². The molecule has 0 aromatic heterocycles. The minimum Gasteiger partial charge on any atom is -0.0654 e. The lowest BCUT2D eigenvalue weighted by Crippen LogP contribution is -2.01. The van der Waals surface area contributed by atoms with Crippen molar-refractivity contribution in [3.05, 3.63) is 35.4 Å². The first kappa shape index (κ1) is 15.3. The van der Waals surface area contributed by atoms with Crippen LogP contribution < -0.4 is 0 Å². The molecule has 102 valence electrons. The highest BCUT2D eigenvalue weighted by atomic mass is 14.2. The fourth-order valence-corrected chi connectivity index (χ4v) is 2.77. The predicted octanol–water partition coefficient (Wildman–Crippen LogP) is 6.24. The van der Waals surface area contributed by atoms with Crippen LogP contribution in [0.2, 0.25) is 0 Å². The third-order valence-corrected chi connectivity index (χ3v) is 3.94. The summed E-state index contributed by atoms with van der Waals surface area (Å²) in [5, 5.41) is 0. The van der Waals surface area contributed by atoms with E-state index in [1.807, 2.05) is 0 Å². The number of rotatable bonds is 9. The molecule has 0 heteroatoms. The lowest BCUT2D eigenvalue weighted by molar-refractivity contribution is 0.507. The Morgan fingerprint density at radius 3 is 2.17 bits per heavy atom. The van der Waals surface area contributed by atoms with Gasteiger partial charge in [-0.15, -0.1) is 0 Å². The minimum absolute atomic E-state index is 0.794. The zero-order valence-electron chi connectivity index (χ0n) is 12.5. The molecule has 0 amide bonds. The van der Waals surface area contributed by atoms with Gasteiger partial charge in [0.2, 0.25) is 0 Å². The Bertz CT molecular complexity index is 314. The van der Waals surface area contributed by atoms with Gasteiger partial charge < -0.3 is 0 Å². The summed E-state index contributed by atoms with van der Waals surface area (Å²) >= 11 is 0. The molecular weight excluding hydrogens is 216 g/mol. The van der Waals surface area contributed by atoms with Crippen LogP contribution in [0.4, 0.5) is 0 Å². The number of unbranched alkanes of at least 4 members (excludes halogenated alkanes) is 4. The maximum absolute atomic E-state index is 2.34. The van der Waals surface area contributed by atoms with E-state index < -0.39 is 0 Å². The third kappa shape index (κ3) is 5.25. The third-order valence-electron chi connectivity index (χ3n) is 3.94. The van der Waals surface area contributed by atoms with Crippen LogP contribution in [0.1, 0.15) is 82.3 Å². The highest BCUT2D eigenvalue weighted by Crippen LogP contribution is 2.30. The van der Waals surface area contributed by atoms with Crippen LogP contribution in [-0.4, -0.2) is 0 Å². The molecule has 1 aromatic carbocycles. The molecule has 0 spiro atoms. The first-order chi connectivity index (χ1) is 8.79. The van der Waals surface area contributed by atoms with E-state index in [9.17, 15) is 0 Å². The average molecular weight is 246 g/mol. The van der Waals surface area contributed by atoms with Gasteiger partial charge >= 0.3 is 0 Å². The molecule has 0 N–H and O–H groups in total. The number of hydrogen-bond donors (Lipinski definition) is 0. The van der Waals surface area contributed by atoms with Gasteiger partial charge in [0.15, 0.2) is 0 Å². The van der Waals surface area contributed by atoms with Gasteiger partial charge in [0, 0.05) is 0 Å². The Balaban J connectivity index is 2.57. The summed E-state index contributed by atoms with van der Waals surface area (Å²) in [6.07, 6.45) is 11.0.